The molecule has 0 aromatic carbocycles. The lowest BCUT2D eigenvalue weighted by Gasteiger charge is -2.02. The summed E-state index contributed by atoms with van der Waals surface area (Å²) in [5.74, 6) is 0. The van der Waals surface area contributed by atoms with Crippen LogP contribution in [0.15, 0.2) is 34.3 Å². The van der Waals surface area contributed by atoms with Crippen molar-refractivity contribution in [3.63, 3.8) is 0 Å². The van der Waals surface area contributed by atoms with Gasteiger partial charge in [-0.1, -0.05) is 17.3 Å². The van der Waals surface area contributed by atoms with Crippen LogP contribution >= 0.6 is 0 Å². The SMILES string of the molecule is O=NC1=CCC(N=O)C=C1. The minimum atomic E-state index is -0.314. The third-order valence-electron chi connectivity index (χ3n) is 1.30. The van der Waals surface area contributed by atoms with Crippen LogP contribution in [-0.2, 0) is 0 Å². The average Bonchev–Trinajstić information content (AvgIpc) is 2.05. The molecule has 52 valence electrons. The smallest absolute Gasteiger partial charge is 0.114 e. The monoisotopic (exact) mass is 138 g/mol. The van der Waals surface area contributed by atoms with E-state index in [9.17, 15) is 9.81 Å². The van der Waals surface area contributed by atoms with Crippen molar-refractivity contribution >= 4 is 0 Å². The Labute approximate surface area is 57.6 Å². The van der Waals surface area contributed by atoms with Gasteiger partial charge in [0.1, 0.15) is 11.7 Å². The standard InChI is InChI=1S/C6H6N2O2/c9-7-5-1-2-6(8-10)4-3-5/h1-3,6H,4H2. The van der Waals surface area contributed by atoms with Crippen LogP contribution in [-0.4, -0.2) is 6.04 Å². The first-order chi connectivity index (χ1) is 4.86. The van der Waals surface area contributed by atoms with Crippen molar-refractivity contribution < 1.29 is 0 Å². The fraction of sp³-hybridized carbons (Fsp3) is 0.333. The molecule has 4 heteroatoms. The van der Waals surface area contributed by atoms with E-state index in [1.807, 2.05) is 0 Å². The Morgan fingerprint density at radius 2 is 2.30 bits per heavy atom. The van der Waals surface area contributed by atoms with Crippen LogP contribution in [0.1, 0.15) is 6.42 Å². The maximum Gasteiger partial charge on any atom is 0.114 e. The van der Waals surface area contributed by atoms with E-state index in [1.165, 1.54) is 6.08 Å². The van der Waals surface area contributed by atoms with Crippen molar-refractivity contribution in [3.05, 3.63) is 33.7 Å². The Balaban J connectivity index is 2.62. The third-order valence-corrected chi connectivity index (χ3v) is 1.30. The molecule has 0 aromatic heterocycles. The summed E-state index contributed by atoms with van der Waals surface area (Å²) in [5, 5.41) is 5.49. The lowest BCUT2D eigenvalue weighted by Crippen LogP contribution is -2.00. The first-order valence-electron chi connectivity index (χ1n) is 2.91. The zero-order chi connectivity index (χ0) is 7.40. The van der Waals surface area contributed by atoms with Gasteiger partial charge in [-0.3, -0.25) is 0 Å². The molecule has 1 aliphatic carbocycles. The summed E-state index contributed by atoms with van der Waals surface area (Å²) in [7, 11) is 0. The van der Waals surface area contributed by atoms with Gasteiger partial charge in [0.25, 0.3) is 0 Å². The third kappa shape index (κ3) is 1.34. The first-order valence-corrected chi connectivity index (χ1v) is 2.91. The predicted octanol–water partition coefficient (Wildman–Crippen LogP) is 1.73. The summed E-state index contributed by atoms with van der Waals surface area (Å²) in [6.07, 6.45) is 5.16. The van der Waals surface area contributed by atoms with Gasteiger partial charge in [-0.2, -0.15) is 4.91 Å². The van der Waals surface area contributed by atoms with Crippen LogP contribution in [0.3, 0.4) is 0 Å². The van der Waals surface area contributed by atoms with Gasteiger partial charge in [0.15, 0.2) is 0 Å². The fourth-order valence-corrected chi connectivity index (χ4v) is 0.744. The van der Waals surface area contributed by atoms with E-state index in [1.54, 1.807) is 12.2 Å². The van der Waals surface area contributed by atoms with Gasteiger partial charge in [-0.15, -0.1) is 4.91 Å². The quantitative estimate of drug-likeness (QED) is 0.545. The van der Waals surface area contributed by atoms with E-state index in [-0.39, 0.29) is 6.04 Å². The van der Waals surface area contributed by atoms with Crippen LogP contribution in [0, 0.1) is 9.81 Å². The van der Waals surface area contributed by atoms with E-state index in [0.29, 0.717) is 12.1 Å². The molecule has 0 N–H and O–H groups in total. The van der Waals surface area contributed by atoms with Gasteiger partial charge >= 0.3 is 0 Å². The molecule has 1 rings (SSSR count). The van der Waals surface area contributed by atoms with Crippen LogP contribution in [0.2, 0.25) is 0 Å². The van der Waals surface area contributed by atoms with Crippen LogP contribution < -0.4 is 0 Å². The van der Waals surface area contributed by atoms with E-state index in [4.69, 9.17) is 0 Å². The number of allylic oxidation sites excluding steroid dienone is 1. The number of nitrogens with zero attached hydrogens (tertiary/aromatic N) is 2. The Hall–Kier alpha value is -1.32. The van der Waals surface area contributed by atoms with Crippen LogP contribution in [0.4, 0.5) is 0 Å². The second kappa shape index (κ2) is 3.00. The fourth-order valence-electron chi connectivity index (χ4n) is 0.744. The van der Waals surface area contributed by atoms with Crippen molar-refractivity contribution in [1.29, 1.82) is 0 Å². The zero-order valence-corrected chi connectivity index (χ0v) is 5.23. The molecule has 0 aromatic rings. The number of nitroso groups, excluding NO2 is 2. The highest BCUT2D eigenvalue weighted by Gasteiger charge is 2.07. The molecular formula is C6H6N2O2. The second-order valence-corrected chi connectivity index (χ2v) is 1.99. The molecule has 0 amide bonds. The lowest BCUT2D eigenvalue weighted by molar-refractivity contribution is 0.810. The first kappa shape index (κ1) is 6.80. The maximum atomic E-state index is 9.92. The van der Waals surface area contributed by atoms with E-state index in [2.05, 4.69) is 10.4 Å². The van der Waals surface area contributed by atoms with Gasteiger partial charge in [0.05, 0.1) is 0 Å². The normalized spacial score (nSPS) is 23.6. The molecule has 10 heavy (non-hydrogen) atoms. The van der Waals surface area contributed by atoms with Gasteiger partial charge in [-0.25, -0.2) is 0 Å². The lowest BCUT2D eigenvalue weighted by atomic mass is 10.1. The summed E-state index contributed by atoms with van der Waals surface area (Å²) < 4.78 is 0. The number of hydrogen-bond acceptors (Lipinski definition) is 4. The number of hydrogen-bond donors (Lipinski definition) is 0. The van der Waals surface area contributed by atoms with Crippen LogP contribution in [0.25, 0.3) is 0 Å². The molecule has 4 nitrogen and oxygen atoms in total. The molecule has 0 bridgehead atoms. The summed E-state index contributed by atoms with van der Waals surface area (Å²) in [6.45, 7) is 0. The van der Waals surface area contributed by atoms with Crippen molar-refractivity contribution in [2.75, 3.05) is 0 Å². The minimum Gasteiger partial charge on any atom is -0.150 e. The molecule has 0 aliphatic heterocycles. The van der Waals surface area contributed by atoms with Gasteiger partial charge in [0, 0.05) is 0 Å². The molecule has 0 spiro atoms. The van der Waals surface area contributed by atoms with Crippen molar-refractivity contribution in [3.8, 4) is 0 Å². The molecule has 1 unspecified atom stereocenters. The zero-order valence-electron chi connectivity index (χ0n) is 5.23. The molecule has 0 saturated carbocycles. The summed E-state index contributed by atoms with van der Waals surface area (Å²) in [6, 6.07) is -0.314. The summed E-state index contributed by atoms with van der Waals surface area (Å²) in [5.41, 5.74) is 0.375. The average molecular weight is 138 g/mol. The molecule has 1 atom stereocenters. The largest absolute Gasteiger partial charge is 0.150 e. The second-order valence-electron chi connectivity index (χ2n) is 1.99. The highest BCUT2D eigenvalue weighted by molar-refractivity contribution is 5.23. The summed E-state index contributed by atoms with van der Waals surface area (Å²) >= 11 is 0. The molecule has 0 radical (unpaired) electrons. The Morgan fingerprint density at radius 3 is 2.70 bits per heavy atom. The highest BCUT2D eigenvalue weighted by atomic mass is 16.3. The predicted molar refractivity (Wildman–Crippen MR) is 37.2 cm³/mol. The van der Waals surface area contributed by atoms with Gasteiger partial charge < -0.3 is 0 Å². The Morgan fingerprint density at radius 1 is 1.50 bits per heavy atom. The number of rotatable bonds is 2. The maximum absolute atomic E-state index is 9.92. The molecule has 1 aliphatic rings. The van der Waals surface area contributed by atoms with Crippen molar-refractivity contribution in [1.82, 2.24) is 0 Å². The molecule has 0 saturated heterocycles. The Bertz CT molecular complexity index is 208. The summed E-state index contributed by atoms with van der Waals surface area (Å²) in [4.78, 5) is 19.8. The highest BCUT2D eigenvalue weighted by Crippen LogP contribution is 2.12. The van der Waals surface area contributed by atoms with Crippen LogP contribution in [0.5, 0.6) is 0 Å². The van der Waals surface area contributed by atoms with Gasteiger partial charge in [-0.05, 0) is 17.7 Å². The molecule has 0 heterocycles. The topological polar surface area (TPSA) is 58.9 Å². The molecular weight excluding hydrogens is 132 g/mol. The Kier molecular flexibility index (Phi) is 2.04. The molecule has 0 fully saturated rings. The van der Waals surface area contributed by atoms with E-state index < -0.39 is 0 Å². The minimum absolute atomic E-state index is 0.314. The van der Waals surface area contributed by atoms with E-state index in [0.717, 1.165) is 0 Å². The van der Waals surface area contributed by atoms with Crippen molar-refractivity contribution in [2.45, 2.75) is 12.5 Å². The van der Waals surface area contributed by atoms with E-state index >= 15 is 0 Å². The van der Waals surface area contributed by atoms with Crippen molar-refractivity contribution in [2.24, 2.45) is 10.4 Å². The van der Waals surface area contributed by atoms with Gasteiger partial charge in [0.2, 0.25) is 0 Å².